The fourth-order valence-electron chi connectivity index (χ4n) is 2.19. The molecule has 3 aromatic rings. The number of halogens is 3. The van der Waals surface area contributed by atoms with Gasteiger partial charge in [0.15, 0.2) is 5.58 Å². The third kappa shape index (κ3) is 3.66. The van der Waals surface area contributed by atoms with E-state index in [1.807, 2.05) is 0 Å². The molecule has 0 unspecified atom stereocenters. The van der Waals surface area contributed by atoms with E-state index in [4.69, 9.17) is 32.4 Å². The highest BCUT2D eigenvalue weighted by Gasteiger charge is 2.13. The monoisotopic (exact) mass is 429 g/mol. The van der Waals surface area contributed by atoms with Crippen LogP contribution in [0.25, 0.3) is 11.1 Å². The minimum atomic E-state index is -0.548. The van der Waals surface area contributed by atoms with Crippen LogP contribution in [0.4, 0.5) is 0 Å². The lowest BCUT2D eigenvalue weighted by Gasteiger charge is -2.07. The van der Waals surface area contributed by atoms with E-state index < -0.39 is 11.7 Å². The van der Waals surface area contributed by atoms with Gasteiger partial charge in [-0.1, -0.05) is 23.2 Å². The summed E-state index contributed by atoms with van der Waals surface area (Å²) in [6.45, 7) is 0.136. The van der Waals surface area contributed by atoms with Crippen LogP contribution in [0.3, 0.4) is 0 Å². The minimum Gasteiger partial charge on any atom is -0.425 e. The van der Waals surface area contributed by atoms with Crippen molar-refractivity contribution in [1.29, 1.82) is 0 Å². The molecule has 124 valence electrons. The first-order valence-electron chi connectivity index (χ1n) is 6.88. The molecule has 1 aromatic heterocycles. The predicted octanol–water partition coefficient (Wildman–Crippen LogP) is 4.66. The Labute approximate surface area is 154 Å². The number of oxazole rings is 1. The van der Waals surface area contributed by atoms with Crippen LogP contribution in [0.2, 0.25) is 10.0 Å². The first-order chi connectivity index (χ1) is 11.4. The second-order valence-corrected chi connectivity index (χ2v) is 6.66. The van der Waals surface area contributed by atoms with Crippen molar-refractivity contribution in [3.8, 4) is 5.75 Å². The number of carbonyl (C=O) groups excluding carboxylic acids is 1. The third-order valence-corrected chi connectivity index (χ3v) is 4.38. The van der Waals surface area contributed by atoms with Crippen LogP contribution in [0.15, 0.2) is 50.1 Å². The van der Waals surface area contributed by atoms with Crippen molar-refractivity contribution >= 4 is 56.2 Å². The fourth-order valence-corrected chi connectivity index (χ4v) is 3.11. The van der Waals surface area contributed by atoms with Gasteiger partial charge in [0, 0.05) is 22.7 Å². The van der Waals surface area contributed by atoms with Crippen LogP contribution < -0.4 is 10.5 Å². The van der Waals surface area contributed by atoms with E-state index in [-0.39, 0.29) is 13.0 Å². The van der Waals surface area contributed by atoms with Gasteiger partial charge in [-0.15, -0.1) is 0 Å². The molecule has 8 heteroatoms. The lowest BCUT2D eigenvalue weighted by Crippen LogP contribution is -2.18. The maximum Gasteiger partial charge on any atom is 0.419 e. The van der Waals surface area contributed by atoms with E-state index in [2.05, 4.69) is 15.9 Å². The standard InChI is InChI=1S/C16H10BrCl2NO4/c17-11-7-9(18)2-4-13(11)23-15(21)5-6-20-12-3-1-10(19)8-14(12)24-16(20)22/h1-4,7-8H,5-6H2. The Bertz CT molecular complexity index is 980. The van der Waals surface area contributed by atoms with E-state index in [0.717, 1.165) is 0 Å². The number of ether oxygens (including phenoxy) is 1. The number of esters is 1. The van der Waals surface area contributed by atoms with Gasteiger partial charge in [-0.3, -0.25) is 9.36 Å². The van der Waals surface area contributed by atoms with Crippen molar-refractivity contribution in [3.05, 3.63) is 61.5 Å². The quantitative estimate of drug-likeness (QED) is 0.446. The summed E-state index contributed by atoms with van der Waals surface area (Å²) in [7, 11) is 0. The van der Waals surface area contributed by atoms with Gasteiger partial charge in [0.25, 0.3) is 0 Å². The molecule has 0 aliphatic heterocycles. The van der Waals surface area contributed by atoms with Crippen LogP contribution >= 0.6 is 39.1 Å². The Balaban J connectivity index is 1.73. The van der Waals surface area contributed by atoms with Crippen molar-refractivity contribution in [3.63, 3.8) is 0 Å². The summed E-state index contributed by atoms with van der Waals surface area (Å²) in [6.07, 6.45) is 0.00618. The summed E-state index contributed by atoms with van der Waals surface area (Å²) in [5.74, 6) is -0.665. The zero-order valence-corrected chi connectivity index (χ0v) is 15.2. The topological polar surface area (TPSA) is 61.4 Å². The van der Waals surface area contributed by atoms with Crippen LogP contribution in [0.5, 0.6) is 5.75 Å². The zero-order valence-electron chi connectivity index (χ0n) is 12.1. The second-order valence-electron chi connectivity index (χ2n) is 4.93. The maximum atomic E-state index is 12.0. The first-order valence-corrected chi connectivity index (χ1v) is 8.43. The van der Waals surface area contributed by atoms with Gasteiger partial charge in [0.05, 0.1) is 16.4 Å². The molecule has 0 fully saturated rings. The molecule has 0 bridgehead atoms. The highest BCUT2D eigenvalue weighted by Crippen LogP contribution is 2.28. The second kappa shape index (κ2) is 7.01. The van der Waals surface area contributed by atoms with Crippen molar-refractivity contribution < 1.29 is 13.9 Å². The van der Waals surface area contributed by atoms with Gasteiger partial charge in [0.2, 0.25) is 0 Å². The number of nitrogens with zero attached hydrogens (tertiary/aromatic N) is 1. The van der Waals surface area contributed by atoms with Gasteiger partial charge >= 0.3 is 11.7 Å². The number of aromatic nitrogens is 1. The number of carbonyl (C=O) groups is 1. The van der Waals surface area contributed by atoms with Gasteiger partial charge in [-0.25, -0.2) is 4.79 Å². The van der Waals surface area contributed by atoms with Crippen molar-refractivity contribution in [2.45, 2.75) is 13.0 Å². The molecule has 0 radical (unpaired) electrons. The summed E-state index contributed by atoms with van der Waals surface area (Å²) >= 11 is 15.0. The molecule has 1 heterocycles. The lowest BCUT2D eigenvalue weighted by molar-refractivity contribution is -0.134. The molecule has 2 aromatic carbocycles. The summed E-state index contributed by atoms with van der Waals surface area (Å²) in [4.78, 5) is 23.9. The average Bonchev–Trinajstić information content (AvgIpc) is 2.82. The number of fused-ring (bicyclic) bond motifs is 1. The number of aryl methyl sites for hydroxylation is 1. The molecule has 0 saturated heterocycles. The Hall–Kier alpha value is -1.76. The number of hydrogen-bond acceptors (Lipinski definition) is 4. The SMILES string of the molecule is O=C(CCn1c(=O)oc2cc(Cl)ccc21)Oc1ccc(Cl)cc1Br. The minimum absolute atomic E-state index is 0.00618. The molecule has 0 N–H and O–H groups in total. The molecule has 5 nitrogen and oxygen atoms in total. The van der Waals surface area contributed by atoms with E-state index in [0.29, 0.717) is 31.4 Å². The molecule has 0 atom stereocenters. The summed E-state index contributed by atoms with van der Waals surface area (Å²) in [5.41, 5.74) is 0.950. The molecule has 0 saturated carbocycles. The molecular formula is C16H10BrCl2NO4. The van der Waals surface area contributed by atoms with E-state index in [1.165, 1.54) is 4.57 Å². The van der Waals surface area contributed by atoms with Crippen LogP contribution in [-0.4, -0.2) is 10.5 Å². The maximum absolute atomic E-state index is 12.0. The normalized spacial score (nSPS) is 11.0. The van der Waals surface area contributed by atoms with Crippen molar-refractivity contribution in [2.24, 2.45) is 0 Å². The van der Waals surface area contributed by atoms with E-state index in [9.17, 15) is 9.59 Å². The summed E-state index contributed by atoms with van der Waals surface area (Å²) in [5, 5.41) is 0.993. The molecule has 24 heavy (non-hydrogen) atoms. The van der Waals surface area contributed by atoms with Crippen molar-refractivity contribution in [2.75, 3.05) is 0 Å². The van der Waals surface area contributed by atoms with Crippen LogP contribution in [-0.2, 0) is 11.3 Å². The average molecular weight is 431 g/mol. The molecule has 0 aliphatic rings. The number of benzene rings is 2. The Morgan fingerprint density at radius 2 is 1.88 bits per heavy atom. The summed E-state index contributed by atoms with van der Waals surface area (Å²) < 4.78 is 12.3. The van der Waals surface area contributed by atoms with E-state index in [1.54, 1.807) is 36.4 Å². The highest BCUT2D eigenvalue weighted by molar-refractivity contribution is 9.10. The molecule has 3 rings (SSSR count). The molecular weight excluding hydrogens is 421 g/mol. The fraction of sp³-hybridized carbons (Fsp3) is 0.125. The Morgan fingerprint density at radius 3 is 2.62 bits per heavy atom. The summed E-state index contributed by atoms with van der Waals surface area (Å²) in [6, 6.07) is 9.71. The van der Waals surface area contributed by atoms with Crippen LogP contribution in [0.1, 0.15) is 6.42 Å². The highest BCUT2D eigenvalue weighted by atomic mass is 79.9. The predicted molar refractivity (Wildman–Crippen MR) is 94.9 cm³/mol. The zero-order chi connectivity index (χ0) is 17.3. The first kappa shape index (κ1) is 17.1. The molecule has 0 amide bonds. The lowest BCUT2D eigenvalue weighted by atomic mass is 10.3. The number of rotatable bonds is 4. The number of hydrogen-bond donors (Lipinski definition) is 0. The Kier molecular flexibility index (Phi) is 4.99. The third-order valence-electron chi connectivity index (χ3n) is 3.29. The van der Waals surface area contributed by atoms with E-state index >= 15 is 0 Å². The van der Waals surface area contributed by atoms with Gasteiger partial charge in [-0.2, -0.15) is 0 Å². The van der Waals surface area contributed by atoms with Gasteiger partial charge < -0.3 is 9.15 Å². The van der Waals surface area contributed by atoms with Crippen LogP contribution in [0, 0.1) is 0 Å². The van der Waals surface area contributed by atoms with Gasteiger partial charge in [-0.05, 0) is 46.3 Å². The largest absolute Gasteiger partial charge is 0.425 e. The molecule has 0 spiro atoms. The Morgan fingerprint density at radius 1 is 1.17 bits per heavy atom. The van der Waals surface area contributed by atoms with Crippen molar-refractivity contribution in [1.82, 2.24) is 4.57 Å². The smallest absolute Gasteiger partial charge is 0.419 e. The van der Waals surface area contributed by atoms with Gasteiger partial charge in [0.1, 0.15) is 5.75 Å². The molecule has 0 aliphatic carbocycles.